The zero-order chi connectivity index (χ0) is 32.5. The number of carbonyl (C=O) groups excluding carboxylic acids is 1. The molecule has 46 heavy (non-hydrogen) atoms. The van der Waals surface area contributed by atoms with Gasteiger partial charge in [0.05, 0.1) is 17.7 Å². The highest BCUT2D eigenvalue weighted by Gasteiger charge is 2.39. The second kappa shape index (κ2) is 15.7. The lowest BCUT2D eigenvalue weighted by Gasteiger charge is -2.33. The van der Waals surface area contributed by atoms with Gasteiger partial charge in [-0.3, -0.25) is 14.4 Å². The molecule has 1 unspecified atom stereocenters. The maximum Gasteiger partial charge on any atom is 0.312 e. The molecule has 1 aliphatic heterocycles. The SMILES string of the molecule is CCCn1cc(CCC(c2ccc(C)c(Cn3ccnc3CN3CCC(CC)CC3)c2)C(C)(C)C(=O)OCc2ccccc2)nn1. The zero-order valence-corrected chi connectivity index (χ0v) is 28.5. The predicted molar refractivity (Wildman–Crippen MR) is 182 cm³/mol. The number of imidazole rings is 1. The number of aromatic nitrogens is 5. The van der Waals surface area contributed by atoms with Crippen molar-refractivity contribution in [2.24, 2.45) is 11.3 Å². The van der Waals surface area contributed by atoms with Gasteiger partial charge in [-0.25, -0.2) is 4.98 Å². The highest BCUT2D eigenvalue weighted by molar-refractivity contribution is 5.77. The summed E-state index contributed by atoms with van der Waals surface area (Å²) in [7, 11) is 0. The van der Waals surface area contributed by atoms with E-state index < -0.39 is 5.41 Å². The van der Waals surface area contributed by atoms with Crippen LogP contribution in [-0.4, -0.2) is 48.5 Å². The first-order valence-electron chi connectivity index (χ1n) is 17.2. The van der Waals surface area contributed by atoms with Gasteiger partial charge in [0.2, 0.25) is 0 Å². The molecule has 0 radical (unpaired) electrons. The molecule has 1 saturated heterocycles. The minimum Gasteiger partial charge on any atom is -0.460 e. The number of likely N-dealkylation sites (tertiary alicyclic amines) is 1. The summed E-state index contributed by atoms with van der Waals surface area (Å²) in [6, 6.07) is 16.6. The number of esters is 1. The average Bonchev–Trinajstić information content (AvgIpc) is 3.71. The molecule has 0 aliphatic carbocycles. The number of hydrogen-bond donors (Lipinski definition) is 0. The van der Waals surface area contributed by atoms with Gasteiger partial charge in [-0.1, -0.05) is 74.0 Å². The van der Waals surface area contributed by atoms with E-state index in [1.165, 1.54) is 30.4 Å². The van der Waals surface area contributed by atoms with Crippen molar-refractivity contribution in [3.8, 4) is 0 Å². The van der Waals surface area contributed by atoms with Gasteiger partial charge in [-0.05, 0) is 100 Å². The van der Waals surface area contributed by atoms with Crippen molar-refractivity contribution in [3.63, 3.8) is 0 Å². The number of piperidine rings is 1. The molecular formula is C38H52N6O2. The molecule has 246 valence electrons. The molecule has 0 spiro atoms. The van der Waals surface area contributed by atoms with Crippen LogP contribution >= 0.6 is 0 Å². The Kier molecular flexibility index (Phi) is 11.4. The predicted octanol–water partition coefficient (Wildman–Crippen LogP) is 7.35. The third-order valence-corrected chi connectivity index (χ3v) is 9.91. The first kappa shape index (κ1) is 33.6. The largest absolute Gasteiger partial charge is 0.460 e. The fraction of sp³-hybridized carbons (Fsp3) is 0.526. The molecule has 4 aromatic rings. The Morgan fingerprint density at radius 1 is 1.07 bits per heavy atom. The van der Waals surface area contributed by atoms with Crippen molar-refractivity contribution in [1.29, 1.82) is 0 Å². The molecule has 2 aromatic heterocycles. The third kappa shape index (κ3) is 8.52. The number of carbonyl (C=O) groups is 1. The van der Waals surface area contributed by atoms with E-state index in [9.17, 15) is 4.79 Å². The highest BCUT2D eigenvalue weighted by Crippen LogP contribution is 2.41. The van der Waals surface area contributed by atoms with Crippen LogP contribution in [0.3, 0.4) is 0 Å². The van der Waals surface area contributed by atoms with E-state index in [1.54, 1.807) is 0 Å². The Balaban J connectivity index is 1.36. The van der Waals surface area contributed by atoms with Crippen LogP contribution < -0.4 is 0 Å². The number of benzene rings is 2. The van der Waals surface area contributed by atoms with E-state index in [0.717, 1.165) is 80.5 Å². The second-order valence-electron chi connectivity index (χ2n) is 13.6. The van der Waals surface area contributed by atoms with Crippen LogP contribution in [0, 0.1) is 18.3 Å². The first-order chi connectivity index (χ1) is 22.3. The van der Waals surface area contributed by atoms with Crippen molar-refractivity contribution >= 4 is 5.97 Å². The number of ether oxygens (including phenoxy) is 1. The monoisotopic (exact) mass is 624 g/mol. The van der Waals surface area contributed by atoms with E-state index >= 15 is 0 Å². The maximum atomic E-state index is 13.8. The third-order valence-electron chi connectivity index (χ3n) is 9.91. The lowest BCUT2D eigenvalue weighted by molar-refractivity contribution is -0.156. The van der Waals surface area contributed by atoms with Crippen molar-refractivity contribution in [1.82, 2.24) is 29.4 Å². The van der Waals surface area contributed by atoms with Crippen molar-refractivity contribution in [2.75, 3.05) is 13.1 Å². The first-order valence-corrected chi connectivity index (χ1v) is 17.2. The Morgan fingerprint density at radius 3 is 2.59 bits per heavy atom. The van der Waals surface area contributed by atoms with Gasteiger partial charge in [0.15, 0.2) is 0 Å². The molecule has 5 rings (SSSR count). The number of aryl methyl sites for hydroxylation is 3. The molecule has 8 nitrogen and oxygen atoms in total. The standard InChI is InChI=1S/C38H52N6O2/c1-6-20-44-26-34(40-41-44)15-16-35(38(4,5)37(45)46-28-31-11-9-8-10-12-31)32-14-13-29(3)33(24-32)25-43-23-19-39-36(43)27-42-21-17-30(7-2)18-22-42/h8-14,19,23-24,26,30,35H,6-7,15-18,20-22,25,27-28H2,1-5H3. The summed E-state index contributed by atoms with van der Waals surface area (Å²) in [6.07, 6.45) is 12.4. The number of rotatable bonds is 15. The van der Waals surface area contributed by atoms with Crippen molar-refractivity contribution < 1.29 is 9.53 Å². The molecule has 0 bridgehead atoms. The zero-order valence-electron chi connectivity index (χ0n) is 28.5. The van der Waals surface area contributed by atoms with Crippen molar-refractivity contribution in [3.05, 3.63) is 101 Å². The smallest absolute Gasteiger partial charge is 0.312 e. The molecule has 0 amide bonds. The lowest BCUT2D eigenvalue weighted by atomic mass is 9.72. The van der Waals surface area contributed by atoms with E-state index in [-0.39, 0.29) is 18.5 Å². The molecule has 1 fully saturated rings. The van der Waals surface area contributed by atoms with Crippen LogP contribution in [0.5, 0.6) is 0 Å². The maximum absolute atomic E-state index is 13.8. The Hall–Kier alpha value is -3.78. The van der Waals surface area contributed by atoms with Gasteiger partial charge in [0.25, 0.3) is 0 Å². The van der Waals surface area contributed by atoms with Crippen LogP contribution in [0.2, 0.25) is 0 Å². The fourth-order valence-electron chi connectivity index (χ4n) is 6.73. The molecular weight excluding hydrogens is 572 g/mol. The van der Waals surface area contributed by atoms with Crippen LogP contribution in [-0.2, 0) is 42.2 Å². The van der Waals surface area contributed by atoms with Gasteiger partial charge >= 0.3 is 5.97 Å². The second-order valence-corrected chi connectivity index (χ2v) is 13.6. The lowest BCUT2D eigenvalue weighted by Crippen LogP contribution is -2.34. The Morgan fingerprint density at radius 2 is 1.85 bits per heavy atom. The molecule has 3 heterocycles. The average molecular weight is 625 g/mol. The quantitative estimate of drug-likeness (QED) is 0.129. The molecule has 8 heteroatoms. The van der Waals surface area contributed by atoms with Gasteiger partial charge in [0.1, 0.15) is 12.4 Å². The summed E-state index contributed by atoms with van der Waals surface area (Å²) in [6.45, 7) is 15.7. The molecule has 2 aromatic carbocycles. The number of hydrogen-bond acceptors (Lipinski definition) is 6. The highest BCUT2D eigenvalue weighted by atomic mass is 16.5. The topological polar surface area (TPSA) is 78.1 Å². The van der Waals surface area contributed by atoms with Crippen molar-refractivity contribution in [2.45, 2.75) is 105 Å². The van der Waals surface area contributed by atoms with Gasteiger partial charge in [-0.15, -0.1) is 5.10 Å². The molecule has 1 aliphatic rings. The van der Waals surface area contributed by atoms with Crippen LogP contribution in [0.1, 0.15) is 99.5 Å². The summed E-state index contributed by atoms with van der Waals surface area (Å²) in [4.78, 5) is 21.1. The fourth-order valence-corrected chi connectivity index (χ4v) is 6.73. The van der Waals surface area contributed by atoms with Crippen LogP contribution in [0.25, 0.3) is 0 Å². The summed E-state index contributed by atoms with van der Waals surface area (Å²) in [5, 5.41) is 8.74. The minimum atomic E-state index is -0.758. The Bertz CT molecular complexity index is 1530. The van der Waals surface area contributed by atoms with E-state index in [1.807, 2.05) is 61.3 Å². The van der Waals surface area contributed by atoms with Gasteiger partial charge < -0.3 is 9.30 Å². The van der Waals surface area contributed by atoms with E-state index in [0.29, 0.717) is 0 Å². The Labute approximate surface area is 275 Å². The molecule has 1 atom stereocenters. The van der Waals surface area contributed by atoms with Gasteiger partial charge in [-0.2, -0.15) is 0 Å². The summed E-state index contributed by atoms with van der Waals surface area (Å²) in [5.41, 5.74) is 4.80. The minimum absolute atomic E-state index is 0.0754. The number of nitrogens with zero attached hydrogens (tertiary/aromatic N) is 6. The van der Waals surface area contributed by atoms with Crippen LogP contribution in [0.15, 0.2) is 67.1 Å². The molecule has 0 saturated carbocycles. The van der Waals surface area contributed by atoms with Crippen LogP contribution in [0.4, 0.5) is 0 Å². The summed E-state index contributed by atoms with van der Waals surface area (Å²) in [5.74, 6) is 1.70. The normalized spacial score (nSPS) is 15.2. The van der Waals surface area contributed by atoms with E-state index in [4.69, 9.17) is 9.72 Å². The summed E-state index contributed by atoms with van der Waals surface area (Å²) >= 11 is 0. The van der Waals surface area contributed by atoms with E-state index in [2.05, 4.69) is 64.9 Å². The van der Waals surface area contributed by atoms with Gasteiger partial charge in [0, 0.05) is 31.7 Å². The molecule has 0 N–H and O–H groups in total. The summed E-state index contributed by atoms with van der Waals surface area (Å²) < 4.78 is 10.1.